The molecular formula is C23H22FNO. The van der Waals surface area contributed by atoms with Gasteiger partial charge in [0.2, 0.25) is 0 Å². The van der Waals surface area contributed by atoms with E-state index in [9.17, 15) is 9.18 Å². The molecule has 0 fully saturated rings. The van der Waals surface area contributed by atoms with Crippen molar-refractivity contribution in [3.05, 3.63) is 107 Å². The molecule has 0 aromatic heterocycles. The van der Waals surface area contributed by atoms with Crippen molar-refractivity contribution in [3.63, 3.8) is 0 Å². The Morgan fingerprint density at radius 1 is 0.769 bits per heavy atom. The first-order chi connectivity index (χ1) is 12.8. The van der Waals surface area contributed by atoms with E-state index in [1.807, 2.05) is 60.7 Å². The average Bonchev–Trinajstić information content (AvgIpc) is 2.68. The van der Waals surface area contributed by atoms with Gasteiger partial charge in [-0.05, 0) is 29.2 Å². The molecule has 0 aliphatic rings. The third-order valence-corrected chi connectivity index (χ3v) is 4.47. The van der Waals surface area contributed by atoms with Crippen molar-refractivity contribution in [2.75, 3.05) is 0 Å². The fraction of sp³-hybridized carbons (Fsp3) is 0.174. The van der Waals surface area contributed by atoms with Crippen LogP contribution in [0, 0.1) is 5.82 Å². The van der Waals surface area contributed by atoms with Gasteiger partial charge < -0.3 is 4.79 Å². The highest BCUT2D eigenvalue weighted by molar-refractivity contribution is 5.58. The first-order valence-electron chi connectivity index (χ1n) is 8.77. The van der Waals surface area contributed by atoms with Crippen LogP contribution >= 0.6 is 0 Å². The van der Waals surface area contributed by atoms with Gasteiger partial charge in [0.1, 0.15) is 12.1 Å². The molecule has 3 heteroatoms. The van der Waals surface area contributed by atoms with Gasteiger partial charge in [-0.25, -0.2) is 4.39 Å². The highest BCUT2D eigenvalue weighted by atomic mass is 19.1. The maximum atomic E-state index is 14.1. The van der Waals surface area contributed by atoms with Crippen molar-refractivity contribution in [2.45, 2.75) is 25.6 Å². The summed E-state index contributed by atoms with van der Waals surface area (Å²) in [7, 11) is 0. The molecule has 0 spiro atoms. The van der Waals surface area contributed by atoms with Gasteiger partial charge in [-0.15, -0.1) is 0 Å². The van der Waals surface area contributed by atoms with Gasteiger partial charge in [-0.1, -0.05) is 78.9 Å². The highest BCUT2D eigenvalue weighted by Crippen LogP contribution is 2.17. The van der Waals surface area contributed by atoms with Crippen LogP contribution in [0.5, 0.6) is 0 Å². The molecule has 3 rings (SSSR count). The summed E-state index contributed by atoms with van der Waals surface area (Å²) in [5.41, 5.74) is 2.82. The molecule has 1 unspecified atom stereocenters. The molecule has 2 nitrogen and oxygen atoms in total. The zero-order valence-corrected chi connectivity index (χ0v) is 14.6. The van der Waals surface area contributed by atoms with Crippen LogP contribution in [0.25, 0.3) is 0 Å². The van der Waals surface area contributed by atoms with Crippen molar-refractivity contribution in [1.29, 1.82) is 0 Å². The predicted octanol–water partition coefficient (Wildman–Crippen LogP) is 4.64. The van der Waals surface area contributed by atoms with Gasteiger partial charge in [0.05, 0.1) is 6.04 Å². The molecule has 0 saturated carbocycles. The van der Waals surface area contributed by atoms with Crippen LogP contribution in [0.15, 0.2) is 84.9 Å². The van der Waals surface area contributed by atoms with Crippen LogP contribution in [0.3, 0.4) is 0 Å². The van der Waals surface area contributed by atoms with Crippen molar-refractivity contribution in [3.8, 4) is 0 Å². The van der Waals surface area contributed by atoms with E-state index in [4.69, 9.17) is 0 Å². The molecule has 0 aliphatic heterocycles. The maximum Gasteiger partial charge on any atom is 0.137 e. The van der Waals surface area contributed by atoms with E-state index in [2.05, 4.69) is 4.90 Å². The van der Waals surface area contributed by atoms with Crippen molar-refractivity contribution < 1.29 is 9.18 Å². The second-order valence-electron chi connectivity index (χ2n) is 6.38. The third-order valence-electron chi connectivity index (χ3n) is 4.47. The summed E-state index contributed by atoms with van der Waals surface area (Å²) in [6.07, 6.45) is 1.29. The maximum absolute atomic E-state index is 14.1. The lowest BCUT2D eigenvalue weighted by Crippen LogP contribution is -2.37. The average molecular weight is 347 g/mol. The van der Waals surface area contributed by atoms with E-state index in [-0.39, 0.29) is 5.82 Å². The Morgan fingerprint density at radius 2 is 1.27 bits per heavy atom. The third kappa shape index (κ3) is 4.87. The van der Waals surface area contributed by atoms with Crippen molar-refractivity contribution in [2.24, 2.45) is 0 Å². The van der Waals surface area contributed by atoms with Gasteiger partial charge in [0, 0.05) is 13.1 Å². The van der Waals surface area contributed by atoms with E-state index in [1.165, 1.54) is 6.07 Å². The SMILES string of the molecule is O=CC(Cc1ccccc1F)N(Cc1ccccc1)Cc1ccccc1. The zero-order chi connectivity index (χ0) is 18.2. The van der Waals surface area contributed by atoms with Gasteiger partial charge in [0.25, 0.3) is 0 Å². The molecule has 0 heterocycles. The summed E-state index contributed by atoms with van der Waals surface area (Å²) < 4.78 is 14.1. The molecule has 132 valence electrons. The number of rotatable bonds is 8. The molecule has 1 atom stereocenters. The summed E-state index contributed by atoms with van der Waals surface area (Å²) >= 11 is 0. The number of hydrogen-bond donors (Lipinski definition) is 0. The van der Waals surface area contributed by atoms with Gasteiger partial charge in [0.15, 0.2) is 0 Å². The lowest BCUT2D eigenvalue weighted by atomic mass is 10.0. The summed E-state index contributed by atoms with van der Waals surface area (Å²) in [4.78, 5) is 14.0. The molecule has 0 N–H and O–H groups in total. The number of benzene rings is 3. The molecule has 0 radical (unpaired) electrons. The van der Waals surface area contributed by atoms with Crippen LogP contribution in [0.2, 0.25) is 0 Å². The number of aldehydes is 1. The fourth-order valence-corrected chi connectivity index (χ4v) is 3.08. The normalized spacial score (nSPS) is 12.1. The lowest BCUT2D eigenvalue weighted by Gasteiger charge is -2.28. The van der Waals surface area contributed by atoms with Gasteiger partial charge in [-0.2, -0.15) is 0 Å². The minimum Gasteiger partial charge on any atom is -0.302 e. The molecule has 0 bridgehead atoms. The molecule has 3 aromatic carbocycles. The van der Waals surface area contributed by atoms with E-state index in [0.29, 0.717) is 25.1 Å². The van der Waals surface area contributed by atoms with Gasteiger partial charge >= 0.3 is 0 Å². The van der Waals surface area contributed by atoms with Crippen molar-refractivity contribution in [1.82, 2.24) is 4.90 Å². The minimum atomic E-state index is -0.396. The van der Waals surface area contributed by atoms with E-state index in [1.54, 1.807) is 18.2 Å². The molecule has 26 heavy (non-hydrogen) atoms. The lowest BCUT2D eigenvalue weighted by molar-refractivity contribution is -0.112. The summed E-state index contributed by atoms with van der Waals surface area (Å²) in [5, 5.41) is 0. The minimum absolute atomic E-state index is 0.265. The molecule has 0 saturated heterocycles. The van der Waals surface area contributed by atoms with E-state index < -0.39 is 6.04 Å². The zero-order valence-electron chi connectivity index (χ0n) is 14.6. The van der Waals surface area contributed by atoms with Crippen LogP contribution < -0.4 is 0 Å². The standard InChI is InChI=1S/C23H22FNO/c24-23-14-8-7-13-21(23)15-22(18-26)25(16-19-9-3-1-4-10-19)17-20-11-5-2-6-12-20/h1-14,18,22H,15-17H2. The Balaban J connectivity index is 1.84. The molecular weight excluding hydrogens is 325 g/mol. The second kappa shape index (κ2) is 9.07. The molecule has 3 aromatic rings. The first kappa shape index (κ1) is 18.0. The van der Waals surface area contributed by atoms with Crippen LogP contribution in [0.1, 0.15) is 16.7 Å². The molecule has 0 aliphatic carbocycles. The van der Waals surface area contributed by atoms with E-state index in [0.717, 1.165) is 17.4 Å². The van der Waals surface area contributed by atoms with Crippen LogP contribution in [-0.2, 0) is 24.3 Å². The smallest absolute Gasteiger partial charge is 0.137 e. The molecule has 0 amide bonds. The number of carbonyl (C=O) groups excluding carboxylic acids is 1. The van der Waals surface area contributed by atoms with E-state index >= 15 is 0 Å². The Hall–Kier alpha value is -2.78. The number of halogens is 1. The van der Waals surface area contributed by atoms with Crippen LogP contribution in [0.4, 0.5) is 4.39 Å². The largest absolute Gasteiger partial charge is 0.302 e. The van der Waals surface area contributed by atoms with Gasteiger partial charge in [-0.3, -0.25) is 4.90 Å². The topological polar surface area (TPSA) is 20.3 Å². The Kier molecular flexibility index (Phi) is 6.29. The number of carbonyl (C=O) groups is 1. The summed E-state index contributed by atoms with van der Waals surface area (Å²) in [6.45, 7) is 1.27. The Labute approximate surface area is 153 Å². The monoisotopic (exact) mass is 347 g/mol. The Morgan fingerprint density at radius 3 is 1.77 bits per heavy atom. The predicted molar refractivity (Wildman–Crippen MR) is 102 cm³/mol. The summed E-state index contributed by atoms with van der Waals surface area (Å²) in [5.74, 6) is -0.265. The number of hydrogen-bond acceptors (Lipinski definition) is 2. The highest BCUT2D eigenvalue weighted by Gasteiger charge is 2.20. The first-order valence-corrected chi connectivity index (χ1v) is 8.77. The number of nitrogens with zero attached hydrogens (tertiary/aromatic N) is 1. The second-order valence-corrected chi connectivity index (χ2v) is 6.38. The fourth-order valence-electron chi connectivity index (χ4n) is 3.08. The summed E-state index contributed by atoms with van der Waals surface area (Å²) in [6, 6.07) is 26.3. The quantitative estimate of drug-likeness (QED) is 0.553. The van der Waals surface area contributed by atoms with Crippen molar-refractivity contribution >= 4 is 6.29 Å². The van der Waals surface area contributed by atoms with Crippen LogP contribution in [-0.4, -0.2) is 17.2 Å². The Bertz CT molecular complexity index is 778.